The number of nitrogens with one attached hydrogen (secondary N) is 1. The third-order valence-electron chi connectivity index (χ3n) is 3.75. The fourth-order valence-electron chi connectivity index (χ4n) is 2.52. The molecule has 2 atom stereocenters. The number of carbonyl (C=O) groups excluding carboxylic acids is 2. The monoisotopic (exact) mass is 330 g/mol. The van der Waals surface area contributed by atoms with Gasteiger partial charge in [0.2, 0.25) is 11.8 Å². The summed E-state index contributed by atoms with van der Waals surface area (Å²) in [6, 6.07) is 0.299. The van der Waals surface area contributed by atoms with E-state index in [1.165, 1.54) is 6.07 Å². The number of nitrogens with two attached hydrogens (primary N) is 1. The molecule has 0 radical (unpaired) electrons. The molecule has 0 aromatic carbocycles. The molecule has 1 aromatic rings. The summed E-state index contributed by atoms with van der Waals surface area (Å²) in [5, 5.41) is 2.49. The number of amides is 2. The van der Waals surface area contributed by atoms with E-state index in [-0.39, 0.29) is 36.7 Å². The van der Waals surface area contributed by atoms with Crippen LogP contribution in [0.3, 0.4) is 0 Å². The standard InChI is InChI=1S/C14H17F3N4O2/c1-21(13(23)8-2-5-11(22)20-6-8)12(14(15,16)17)10-4-3-9(18)7-19-10/h3-4,7-8,12H,2,5-6,18H2,1H3,(H,20,22)/t8?,12-/m0/s1. The molecule has 0 spiro atoms. The first kappa shape index (κ1) is 17.0. The van der Waals surface area contributed by atoms with Crippen molar-refractivity contribution in [3.05, 3.63) is 24.0 Å². The lowest BCUT2D eigenvalue weighted by atomic mass is 9.96. The first-order valence-electron chi connectivity index (χ1n) is 7.01. The van der Waals surface area contributed by atoms with Crippen molar-refractivity contribution in [1.82, 2.24) is 15.2 Å². The fourth-order valence-corrected chi connectivity index (χ4v) is 2.52. The van der Waals surface area contributed by atoms with Gasteiger partial charge in [0, 0.05) is 20.0 Å². The molecular weight excluding hydrogens is 313 g/mol. The van der Waals surface area contributed by atoms with Crippen LogP contribution in [0, 0.1) is 5.92 Å². The highest BCUT2D eigenvalue weighted by Gasteiger charge is 2.47. The van der Waals surface area contributed by atoms with Crippen LogP contribution in [0.2, 0.25) is 0 Å². The number of pyridine rings is 1. The summed E-state index contributed by atoms with van der Waals surface area (Å²) in [5.41, 5.74) is 5.37. The van der Waals surface area contributed by atoms with Gasteiger partial charge in [0.15, 0.2) is 6.04 Å². The molecule has 1 aliphatic heterocycles. The Balaban J connectivity index is 2.23. The van der Waals surface area contributed by atoms with Gasteiger partial charge in [-0.3, -0.25) is 14.6 Å². The Morgan fingerprint density at radius 3 is 2.65 bits per heavy atom. The van der Waals surface area contributed by atoms with Crippen molar-refractivity contribution in [1.29, 1.82) is 0 Å². The van der Waals surface area contributed by atoms with Crippen molar-refractivity contribution >= 4 is 17.5 Å². The Hall–Kier alpha value is -2.32. The van der Waals surface area contributed by atoms with Crippen molar-refractivity contribution in [2.75, 3.05) is 19.3 Å². The highest BCUT2D eigenvalue weighted by atomic mass is 19.4. The minimum absolute atomic E-state index is 0.0434. The minimum atomic E-state index is -4.68. The van der Waals surface area contributed by atoms with Crippen LogP contribution in [0.1, 0.15) is 24.6 Å². The van der Waals surface area contributed by atoms with Crippen molar-refractivity contribution in [2.45, 2.75) is 25.1 Å². The van der Waals surface area contributed by atoms with Crippen LogP contribution < -0.4 is 11.1 Å². The van der Waals surface area contributed by atoms with Gasteiger partial charge in [-0.05, 0) is 18.6 Å². The minimum Gasteiger partial charge on any atom is -0.397 e. The smallest absolute Gasteiger partial charge is 0.397 e. The first-order chi connectivity index (χ1) is 10.7. The summed E-state index contributed by atoms with van der Waals surface area (Å²) in [7, 11) is 1.09. The second kappa shape index (κ2) is 6.43. The number of hydrogen-bond acceptors (Lipinski definition) is 4. The quantitative estimate of drug-likeness (QED) is 0.873. The molecule has 1 aliphatic rings. The lowest BCUT2D eigenvalue weighted by Crippen LogP contribution is -2.47. The molecule has 6 nitrogen and oxygen atoms in total. The van der Waals surface area contributed by atoms with Gasteiger partial charge in [-0.25, -0.2) is 0 Å². The molecule has 0 aliphatic carbocycles. The molecule has 1 saturated heterocycles. The molecule has 1 fully saturated rings. The van der Waals surface area contributed by atoms with Crippen LogP contribution in [0.5, 0.6) is 0 Å². The van der Waals surface area contributed by atoms with Crippen LogP contribution >= 0.6 is 0 Å². The van der Waals surface area contributed by atoms with Gasteiger partial charge in [0.25, 0.3) is 0 Å². The van der Waals surface area contributed by atoms with E-state index in [0.717, 1.165) is 19.3 Å². The van der Waals surface area contributed by atoms with Gasteiger partial charge in [0.1, 0.15) is 0 Å². The maximum absolute atomic E-state index is 13.4. The molecule has 2 amide bonds. The number of alkyl halides is 3. The molecular formula is C14H17F3N4O2. The van der Waals surface area contributed by atoms with Crippen LogP contribution in [0.25, 0.3) is 0 Å². The third-order valence-corrected chi connectivity index (χ3v) is 3.75. The third kappa shape index (κ3) is 3.91. The fraction of sp³-hybridized carbons (Fsp3) is 0.500. The van der Waals surface area contributed by atoms with Gasteiger partial charge in [0.05, 0.1) is 23.5 Å². The second-order valence-electron chi connectivity index (χ2n) is 5.45. The van der Waals surface area contributed by atoms with Gasteiger partial charge < -0.3 is 16.0 Å². The van der Waals surface area contributed by atoms with Gasteiger partial charge in [-0.1, -0.05) is 0 Å². The normalized spacial score (nSPS) is 19.8. The van der Waals surface area contributed by atoms with E-state index in [4.69, 9.17) is 5.73 Å². The lowest BCUT2D eigenvalue weighted by molar-refractivity contribution is -0.191. The van der Waals surface area contributed by atoms with E-state index in [9.17, 15) is 22.8 Å². The van der Waals surface area contributed by atoms with Crippen molar-refractivity contribution in [3.8, 4) is 0 Å². The number of aromatic nitrogens is 1. The zero-order valence-electron chi connectivity index (χ0n) is 12.4. The number of piperidine rings is 1. The lowest BCUT2D eigenvalue weighted by Gasteiger charge is -2.33. The summed E-state index contributed by atoms with van der Waals surface area (Å²) in [6.07, 6.45) is -3.20. The molecule has 9 heteroatoms. The van der Waals surface area contributed by atoms with Gasteiger partial charge in [-0.2, -0.15) is 13.2 Å². The SMILES string of the molecule is CN(C(=O)C1CCC(=O)NC1)[C@@H](c1ccc(N)cn1)C(F)(F)F. The molecule has 1 unspecified atom stereocenters. The maximum Gasteiger partial charge on any atom is 0.414 e. The van der Waals surface area contributed by atoms with Gasteiger partial charge >= 0.3 is 6.18 Å². The molecule has 0 bridgehead atoms. The average Bonchev–Trinajstić information content (AvgIpc) is 2.48. The van der Waals surface area contributed by atoms with Crippen molar-refractivity contribution in [3.63, 3.8) is 0 Å². The molecule has 2 rings (SSSR count). The summed E-state index contributed by atoms with van der Waals surface area (Å²) in [4.78, 5) is 27.8. The Kier molecular flexibility index (Phi) is 4.76. The largest absolute Gasteiger partial charge is 0.414 e. The molecule has 2 heterocycles. The predicted octanol–water partition coefficient (Wildman–Crippen LogP) is 1.25. The molecule has 126 valence electrons. The summed E-state index contributed by atoms with van der Waals surface area (Å²) in [5.74, 6) is -1.55. The van der Waals surface area contributed by atoms with E-state index in [2.05, 4.69) is 10.3 Å². The number of nitrogen functional groups attached to an aromatic ring is 1. The Labute approximate surface area is 130 Å². The number of rotatable bonds is 3. The van der Waals surface area contributed by atoms with E-state index >= 15 is 0 Å². The second-order valence-corrected chi connectivity index (χ2v) is 5.45. The Morgan fingerprint density at radius 1 is 1.48 bits per heavy atom. The number of nitrogens with zero attached hydrogens (tertiary/aromatic N) is 2. The zero-order valence-corrected chi connectivity index (χ0v) is 12.4. The number of carbonyl (C=O) groups is 2. The summed E-state index contributed by atoms with van der Waals surface area (Å²) >= 11 is 0. The van der Waals surface area contributed by atoms with Crippen LogP contribution in [-0.4, -0.2) is 41.5 Å². The summed E-state index contributed by atoms with van der Waals surface area (Å²) in [6.45, 7) is 0.0434. The number of anilines is 1. The van der Waals surface area contributed by atoms with E-state index in [0.29, 0.717) is 4.90 Å². The van der Waals surface area contributed by atoms with E-state index in [1.807, 2.05) is 0 Å². The van der Waals surface area contributed by atoms with E-state index in [1.54, 1.807) is 0 Å². The maximum atomic E-state index is 13.4. The highest BCUT2D eigenvalue weighted by Crippen LogP contribution is 2.37. The number of halogens is 3. The Bertz CT molecular complexity index is 579. The van der Waals surface area contributed by atoms with Crippen molar-refractivity contribution < 1.29 is 22.8 Å². The topological polar surface area (TPSA) is 88.3 Å². The zero-order chi connectivity index (χ0) is 17.2. The molecule has 1 aromatic heterocycles. The van der Waals surface area contributed by atoms with Crippen LogP contribution in [-0.2, 0) is 9.59 Å². The van der Waals surface area contributed by atoms with Crippen LogP contribution in [0.15, 0.2) is 18.3 Å². The highest BCUT2D eigenvalue weighted by molar-refractivity contribution is 5.84. The van der Waals surface area contributed by atoms with Gasteiger partial charge in [-0.15, -0.1) is 0 Å². The van der Waals surface area contributed by atoms with E-state index < -0.39 is 24.0 Å². The first-order valence-corrected chi connectivity index (χ1v) is 7.01. The predicted molar refractivity (Wildman–Crippen MR) is 75.9 cm³/mol. The molecule has 3 N–H and O–H groups in total. The Morgan fingerprint density at radius 2 is 2.17 bits per heavy atom. The number of hydrogen-bond donors (Lipinski definition) is 2. The van der Waals surface area contributed by atoms with Crippen LogP contribution in [0.4, 0.5) is 18.9 Å². The average molecular weight is 330 g/mol. The molecule has 0 saturated carbocycles. The van der Waals surface area contributed by atoms with Crippen molar-refractivity contribution in [2.24, 2.45) is 5.92 Å². The summed E-state index contributed by atoms with van der Waals surface area (Å²) < 4.78 is 40.2. The molecule has 23 heavy (non-hydrogen) atoms.